The van der Waals surface area contributed by atoms with Crippen LogP contribution in [0.3, 0.4) is 0 Å². The Bertz CT molecular complexity index is 488. The van der Waals surface area contributed by atoms with Crippen LogP contribution in [0.4, 0.5) is 4.79 Å². The summed E-state index contributed by atoms with van der Waals surface area (Å²) in [6.07, 6.45) is 2.13. The third-order valence-electron chi connectivity index (χ3n) is 2.80. The molecule has 0 spiro atoms. The van der Waals surface area contributed by atoms with Crippen LogP contribution in [-0.2, 0) is 4.74 Å². The molecule has 1 amide bonds. The Kier molecular flexibility index (Phi) is 4.52. The van der Waals surface area contributed by atoms with Crippen LogP contribution in [-0.4, -0.2) is 40.8 Å². The lowest BCUT2D eigenvalue weighted by molar-refractivity contribution is 0.0275. The summed E-state index contributed by atoms with van der Waals surface area (Å²) in [7, 11) is 0. The number of hydrogen-bond acceptors (Lipinski definition) is 4. The summed E-state index contributed by atoms with van der Waals surface area (Å²) in [5.74, 6) is 0.559. The minimum atomic E-state index is -0.472. The number of ether oxygens (including phenoxy) is 2. The molecule has 0 aromatic carbocycles. The fourth-order valence-corrected chi connectivity index (χ4v) is 2.28. The minimum Gasteiger partial charge on any atom is -0.472 e. The van der Waals surface area contributed by atoms with Crippen molar-refractivity contribution in [1.29, 1.82) is 0 Å². The predicted molar refractivity (Wildman–Crippen MR) is 78.8 cm³/mol. The van der Waals surface area contributed by atoms with Gasteiger partial charge in [-0.25, -0.2) is 9.78 Å². The van der Waals surface area contributed by atoms with Crippen molar-refractivity contribution in [2.75, 3.05) is 13.1 Å². The Morgan fingerprint density at radius 1 is 1.50 bits per heavy atom. The van der Waals surface area contributed by atoms with Crippen molar-refractivity contribution >= 4 is 22.0 Å². The standard InChI is InChI=1S/C14H19BrN2O3/c1-14(2,3)20-13(18)17-8-6-10(9-17)19-12-11(15)5-4-7-16-12/h4-5,7,10H,6,8-9H2,1-3H3/t10-/m1/s1. The third-order valence-corrected chi connectivity index (χ3v) is 3.40. The molecule has 20 heavy (non-hydrogen) atoms. The van der Waals surface area contributed by atoms with Crippen molar-refractivity contribution in [3.05, 3.63) is 22.8 Å². The molecule has 0 N–H and O–H groups in total. The minimum absolute atomic E-state index is 0.0475. The van der Waals surface area contributed by atoms with Crippen LogP contribution in [0, 0.1) is 0 Å². The van der Waals surface area contributed by atoms with E-state index in [-0.39, 0.29) is 12.2 Å². The van der Waals surface area contributed by atoms with Crippen LogP contribution < -0.4 is 4.74 Å². The van der Waals surface area contributed by atoms with Gasteiger partial charge in [-0.1, -0.05) is 0 Å². The van der Waals surface area contributed by atoms with Gasteiger partial charge in [0.15, 0.2) is 0 Å². The molecule has 1 saturated heterocycles. The van der Waals surface area contributed by atoms with Gasteiger partial charge in [-0.05, 0) is 48.8 Å². The molecule has 1 aromatic heterocycles. The SMILES string of the molecule is CC(C)(C)OC(=O)N1CC[C@@H](Oc2ncccc2Br)C1. The number of halogens is 1. The lowest BCUT2D eigenvalue weighted by atomic mass is 10.2. The monoisotopic (exact) mass is 342 g/mol. The van der Waals surface area contributed by atoms with Gasteiger partial charge in [0.2, 0.25) is 5.88 Å². The molecule has 2 rings (SSSR count). The van der Waals surface area contributed by atoms with Crippen molar-refractivity contribution in [2.24, 2.45) is 0 Å². The molecule has 0 aliphatic carbocycles. The van der Waals surface area contributed by atoms with Crippen molar-refractivity contribution in [3.63, 3.8) is 0 Å². The zero-order valence-electron chi connectivity index (χ0n) is 11.9. The molecule has 0 saturated carbocycles. The van der Waals surface area contributed by atoms with E-state index in [1.54, 1.807) is 11.1 Å². The molecule has 0 unspecified atom stereocenters. The maximum Gasteiger partial charge on any atom is 0.410 e. The summed E-state index contributed by atoms with van der Waals surface area (Å²) >= 11 is 3.39. The van der Waals surface area contributed by atoms with Crippen LogP contribution in [0.25, 0.3) is 0 Å². The molecular weight excluding hydrogens is 324 g/mol. The first-order valence-corrected chi connectivity index (χ1v) is 7.39. The molecule has 0 bridgehead atoms. The Morgan fingerprint density at radius 3 is 2.90 bits per heavy atom. The van der Waals surface area contributed by atoms with Crippen LogP contribution in [0.1, 0.15) is 27.2 Å². The number of likely N-dealkylation sites (tertiary alicyclic amines) is 1. The summed E-state index contributed by atoms with van der Waals surface area (Å²) in [6.45, 7) is 6.75. The zero-order chi connectivity index (χ0) is 14.8. The molecule has 110 valence electrons. The number of rotatable bonds is 2. The first kappa shape index (κ1) is 15.1. The van der Waals surface area contributed by atoms with Gasteiger partial charge in [-0.15, -0.1) is 0 Å². The van der Waals surface area contributed by atoms with Crippen molar-refractivity contribution < 1.29 is 14.3 Å². The smallest absolute Gasteiger partial charge is 0.410 e. The average molecular weight is 343 g/mol. The summed E-state index contributed by atoms with van der Waals surface area (Å²) in [4.78, 5) is 17.8. The molecule has 2 heterocycles. The third kappa shape index (κ3) is 4.10. The number of aromatic nitrogens is 1. The fourth-order valence-electron chi connectivity index (χ4n) is 1.93. The highest BCUT2D eigenvalue weighted by atomic mass is 79.9. The Hall–Kier alpha value is -1.30. The van der Waals surface area contributed by atoms with Gasteiger partial charge in [0.05, 0.1) is 11.0 Å². The summed E-state index contributed by atoms with van der Waals surface area (Å²) in [5, 5.41) is 0. The van der Waals surface area contributed by atoms with Gasteiger partial charge < -0.3 is 14.4 Å². The van der Waals surface area contributed by atoms with Gasteiger partial charge in [0.25, 0.3) is 0 Å². The number of pyridine rings is 1. The second kappa shape index (κ2) is 5.99. The molecule has 1 fully saturated rings. The molecule has 1 aliphatic rings. The van der Waals surface area contributed by atoms with Gasteiger partial charge in [0, 0.05) is 19.2 Å². The maximum absolute atomic E-state index is 11.9. The summed E-state index contributed by atoms with van der Waals surface area (Å²) in [5.41, 5.74) is -0.472. The first-order valence-electron chi connectivity index (χ1n) is 6.60. The van der Waals surface area contributed by atoms with Crippen molar-refractivity contribution in [1.82, 2.24) is 9.88 Å². The molecular formula is C14H19BrN2O3. The number of amides is 1. The molecule has 1 aliphatic heterocycles. The second-order valence-electron chi connectivity index (χ2n) is 5.75. The lowest BCUT2D eigenvalue weighted by Crippen LogP contribution is -2.36. The van der Waals surface area contributed by atoms with E-state index in [1.165, 1.54) is 0 Å². The molecule has 6 heteroatoms. The van der Waals surface area contributed by atoms with Crippen LogP contribution >= 0.6 is 15.9 Å². The maximum atomic E-state index is 11.9. The van der Waals surface area contributed by atoms with E-state index in [0.29, 0.717) is 19.0 Å². The van der Waals surface area contributed by atoms with Crippen molar-refractivity contribution in [2.45, 2.75) is 38.9 Å². The molecule has 1 atom stereocenters. The second-order valence-corrected chi connectivity index (χ2v) is 6.60. The largest absolute Gasteiger partial charge is 0.472 e. The van der Waals surface area contributed by atoms with E-state index >= 15 is 0 Å². The highest BCUT2D eigenvalue weighted by molar-refractivity contribution is 9.10. The Balaban J connectivity index is 1.90. The van der Waals surface area contributed by atoms with E-state index < -0.39 is 5.60 Å². The molecule has 5 nitrogen and oxygen atoms in total. The normalized spacial score (nSPS) is 19.0. The number of carbonyl (C=O) groups is 1. The van der Waals surface area contributed by atoms with E-state index in [2.05, 4.69) is 20.9 Å². The number of hydrogen-bond donors (Lipinski definition) is 0. The average Bonchev–Trinajstić information content (AvgIpc) is 2.79. The first-order chi connectivity index (χ1) is 9.35. The van der Waals surface area contributed by atoms with Crippen LogP contribution in [0.2, 0.25) is 0 Å². The summed E-state index contributed by atoms with van der Waals surface area (Å²) in [6, 6.07) is 3.71. The van der Waals surface area contributed by atoms with Gasteiger partial charge >= 0.3 is 6.09 Å². The topological polar surface area (TPSA) is 51.7 Å². The quantitative estimate of drug-likeness (QED) is 0.827. The summed E-state index contributed by atoms with van der Waals surface area (Å²) < 4.78 is 12.0. The van der Waals surface area contributed by atoms with E-state index in [0.717, 1.165) is 10.9 Å². The van der Waals surface area contributed by atoms with Gasteiger partial charge in [-0.2, -0.15) is 0 Å². The highest BCUT2D eigenvalue weighted by Gasteiger charge is 2.31. The highest BCUT2D eigenvalue weighted by Crippen LogP contribution is 2.25. The molecule has 1 aromatic rings. The van der Waals surface area contributed by atoms with Gasteiger partial charge in [0.1, 0.15) is 11.7 Å². The lowest BCUT2D eigenvalue weighted by Gasteiger charge is -2.24. The molecule has 0 radical (unpaired) electrons. The van der Waals surface area contributed by atoms with Gasteiger partial charge in [-0.3, -0.25) is 0 Å². The van der Waals surface area contributed by atoms with Crippen LogP contribution in [0.5, 0.6) is 5.88 Å². The number of nitrogens with zero attached hydrogens (tertiary/aromatic N) is 2. The fraction of sp³-hybridized carbons (Fsp3) is 0.571. The predicted octanol–water partition coefficient (Wildman–Crippen LogP) is 3.23. The zero-order valence-corrected chi connectivity index (χ0v) is 13.5. The van der Waals surface area contributed by atoms with E-state index in [4.69, 9.17) is 9.47 Å². The van der Waals surface area contributed by atoms with E-state index in [9.17, 15) is 4.79 Å². The Morgan fingerprint density at radius 2 is 2.25 bits per heavy atom. The number of carbonyl (C=O) groups excluding carboxylic acids is 1. The van der Waals surface area contributed by atoms with Crippen molar-refractivity contribution in [3.8, 4) is 5.88 Å². The van der Waals surface area contributed by atoms with Crippen LogP contribution in [0.15, 0.2) is 22.8 Å². The Labute approximate surface area is 127 Å². The van der Waals surface area contributed by atoms with E-state index in [1.807, 2.05) is 32.9 Å².